The average molecular weight is 357 g/mol. The Morgan fingerprint density at radius 3 is 2.52 bits per heavy atom. The van der Waals surface area contributed by atoms with Crippen LogP contribution in [0.15, 0.2) is 28.7 Å². The van der Waals surface area contributed by atoms with Crippen LogP contribution in [0.4, 0.5) is 0 Å². The van der Waals surface area contributed by atoms with E-state index in [1.807, 2.05) is 43.3 Å². The van der Waals surface area contributed by atoms with Gasteiger partial charge in [-0.05, 0) is 38.2 Å². The van der Waals surface area contributed by atoms with Crippen molar-refractivity contribution in [3.63, 3.8) is 0 Å². The van der Waals surface area contributed by atoms with E-state index in [4.69, 9.17) is 5.11 Å². The van der Waals surface area contributed by atoms with Gasteiger partial charge in [0.25, 0.3) is 0 Å². The molecule has 0 bridgehead atoms. The summed E-state index contributed by atoms with van der Waals surface area (Å²) < 4.78 is 0.974. The van der Waals surface area contributed by atoms with Gasteiger partial charge in [0.1, 0.15) is 6.54 Å². The van der Waals surface area contributed by atoms with Crippen molar-refractivity contribution in [2.24, 2.45) is 0 Å². The topological polar surface area (TPSA) is 60.9 Å². The van der Waals surface area contributed by atoms with E-state index in [2.05, 4.69) is 15.9 Å². The van der Waals surface area contributed by atoms with Crippen LogP contribution in [0.25, 0.3) is 0 Å². The van der Waals surface area contributed by atoms with Gasteiger partial charge in [-0.1, -0.05) is 28.1 Å². The monoisotopic (exact) mass is 356 g/mol. The molecule has 0 aliphatic heterocycles. The number of nitrogens with zero attached hydrogens (tertiary/aromatic N) is 2. The Balaban J connectivity index is 2.56. The van der Waals surface area contributed by atoms with Crippen LogP contribution < -0.4 is 0 Å². The van der Waals surface area contributed by atoms with Crippen LogP contribution in [0.3, 0.4) is 0 Å². The minimum Gasteiger partial charge on any atom is -0.480 e. The fraction of sp³-hybridized carbons (Fsp3) is 0.467. The van der Waals surface area contributed by atoms with Crippen molar-refractivity contribution in [3.8, 4) is 0 Å². The largest absolute Gasteiger partial charge is 0.480 e. The molecule has 0 atom stereocenters. The minimum atomic E-state index is -0.982. The van der Waals surface area contributed by atoms with E-state index in [1.54, 1.807) is 0 Å². The summed E-state index contributed by atoms with van der Waals surface area (Å²) in [4.78, 5) is 26.4. The predicted molar refractivity (Wildman–Crippen MR) is 85.2 cm³/mol. The smallest absolute Gasteiger partial charge is 0.323 e. The summed E-state index contributed by atoms with van der Waals surface area (Å²) in [5.74, 6) is -1.11. The number of amides is 1. The Kier molecular flexibility index (Phi) is 7.39. The van der Waals surface area contributed by atoms with Gasteiger partial charge >= 0.3 is 5.97 Å². The van der Waals surface area contributed by atoms with E-state index in [0.29, 0.717) is 25.9 Å². The molecule has 0 aromatic heterocycles. The van der Waals surface area contributed by atoms with E-state index >= 15 is 0 Å². The maximum absolute atomic E-state index is 12.2. The fourth-order valence-corrected chi connectivity index (χ4v) is 2.32. The van der Waals surface area contributed by atoms with Gasteiger partial charge in [0.05, 0.1) is 0 Å². The zero-order valence-corrected chi connectivity index (χ0v) is 14.0. The fourth-order valence-electron chi connectivity index (χ4n) is 1.88. The molecule has 0 saturated heterocycles. The number of carboxylic acid groups (broad SMARTS) is 1. The Hall–Kier alpha value is -1.40. The number of carbonyl (C=O) groups excluding carboxylic acids is 1. The molecular weight excluding hydrogens is 336 g/mol. The van der Waals surface area contributed by atoms with E-state index in [9.17, 15) is 9.59 Å². The molecule has 1 N–H and O–H groups in total. The molecule has 0 saturated carbocycles. The Bertz CT molecular complexity index is 492. The Morgan fingerprint density at radius 1 is 1.24 bits per heavy atom. The lowest BCUT2D eigenvalue weighted by molar-refractivity contribution is -0.144. The zero-order valence-electron chi connectivity index (χ0n) is 12.4. The summed E-state index contributed by atoms with van der Waals surface area (Å²) in [6.45, 7) is 0.831. The van der Waals surface area contributed by atoms with Crippen molar-refractivity contribution in [1.29, 1.82) is 0 Å². The molecule has 0 unspecified atom stereocenters. The molecule has 0 fully saturated rings. The maximum Gasteiger partial charge on any atom is 0.323 e. The third-order valence-electron chi connectivity index (χ3n) is 3.01. The highest BCUT2D eigenvalue weighted by Gasteiger charge is 2.16. The third-order valence-corrected chi connectivity index (χ3v) is 3.51. The van der Waals surface area contributed by atoms with Gasteiger partial charge in [0, 0.05) is 24.0 Å². The first-order valence-corrected chi connectivity index (χ1v) is 7.56. The molecule has 0 radical (unpaired) electrons. The Morgan fingerprint density at radius 2 is 1.95 bits per heavy atom. The van der Waals surface area contributed by atoms with Crippen LogP contribution >= 0.6 is 15.9 Å². The number of rotatable bonds is 8. The van der Waals surface area contributed by atoms with Crippen LogP contribution in [-0.2, 0) is 16.0 Å². The molecule has 116 valence electrons. The van der Waals surface area contributed by atoms with Crippen LogP contribution in [0.5, 0.6) is 0 Å². The van der Waals surface area contributed by atoms with Crippen LogP contribution in [0, 0.1) is 0 Å². The first kappa shape index (κ1) is 17.7. The standard InChI is InChI=1S/C15H21BrN2O3/c1-17(2)8-9-18(11-15(20)21)14(19)7-6-12-4-3-5-13(16)10-12/h3-5,10H,6-9,11H2,1-2H3,(H,20,21). The van der Waals surface area contributed by atoms with Crippen molar-refractivity contribution in [1.82, 2.24) is 9.80 Å². The minimum absolute atomic E-state index is 0.126. The molecule has 5 nitrogen and oxygen atoms in total. The van der Waals surface area contributed by atoms with Gasteiger partial charge in [-0.25, -0.2) is 0 Å². The predicted octanol–water partition coefficient (Wildman–Crippen LogP) is 1.86. The van der Waals surface area contributed by atoms with Crippen molar-refractivity contribution >= 4 is 27.8 Å². The van der Waals surface area contributed by atoms with Crippen LogP contribution in [0.1, 0.15) is 12.0 Å². The lowest BCUT2D eigenvalue weighted by Gasteiger charge is -2.22. The number of hydrogen-bond donors (Lipinski definition) is 1. The number of aliphatic carboxylic acids is 1. The number of aryl methyl sites for hydroxylation is 1. The van der Waals surface area contributed by atoms with Crippen LogP contribution in [-0.4, -0.2) is 60.5 Å². The molecule has 0 heterocycles. The first-order chi connectivity index (χ1) is 9.88. The van der Waals surface area contributed by atoms with E-state index < -0.39 is 5.97 Å². The molecule has 0 spiro atoms. The average Bonchev–Trinajstić information content (AvgIpc) is 2.40. The summed E-state index contributed by atoms with van der Waals surface area (Å²) in [5.41, 5.74) is 1.06. The van der Waals surface area contributed by atoms with Gasteiger partial charge < -0.3 is 14.9 Å². The van der Waals surface area contributed by atoms with Gasteiger partial charge in [-0.15, -0.1) is 0 Å². The molecule has 1 aromatic carbocycles. The van der Waals surface area contributed by atoms with Crippen molar-refractivity contribution in [2.75, 3.05) is 33.7 Å². The van der Waals surface area contributed by atoms with Crippen molar-refractivity contribution in [2.45, 2.75) is 12.8 Å². The summed E-state index contributed by atoms with van der Waals surface area (Å²) >= 11 is 3.39. The molecular formula is C15H21BrN2O3. The lowest BCUT2D eigenvalue weighted by atomic mass is 10.1. The van der Waals surface area contributed by atoms with Gasteiger partial charge in [0.2, 0.25) is 5.91 Å². The maximum atomic E-state index is 12.2. The SMILES string of the molecule is CN(C)CCN(CC(=O)O)C(=O)CCc1cccc(Br)c1. The summed E-state index contributed by atoms with van der Waals surface area (Å²) in [6.07, 6.45) is 0.924. The van der Waals surface area contributed by atoms with E-state index in [0.717, 1.165) is 10.0 Å². The van der Waals surface area contributed by atoms with Gasteiger partial charge in [0.15, 0.2) is 0 Å². The summed E-state index contributed by atoms with van der Waals surface area (Å²) in [5, 5.41) is 8.91. The second kappa shape index (κ2) is 8.79. The number of carbonyl (C=O) groups is 2. The quantitative estimate of drug-likeness (QED) is 0.772. The molecule has 6 heteroatoms. The Labute approximate surface area is 133 Å². The highest BCUT2D eigenvalue weighted by Crippen LogP contribution is 2.13. The molecule has 1 aromatic rings. The van der Waals surface area contributed by atoms with Crippen LogP contribution in [0.2, 0.25) is 0 Å². The van der Waals surface area contributed by atoms with Crippen molar-refractivity contribution < 1.29 is 14.7 Å². The third kappa shape index (κ3) is 7.24. The second-order valence-electron chi connectivity index (χ2n) is 5.14. The number of likely N-dealkylation sites (N-methyl/N-ethyl adjacent to an activating group) is 1. The number of carboxylic acids is 1. The summed E-state index contributed by atoms with van der Waals surface area (Å²) in [6, 6.07) is 7.78. The molecule has 21 heavy (non-hydrogen) atoms. The molecule has 0 aliphatic carbocycles. The highest BCUT2D eigenvalue weighted by molar-refractivity contribution is 9.10. The molecule has 1 amide bonds. The lowest BCUT2D eigenvalue weighted by Crippen LogP contribution is -2.40. The number of hydrogen-bond acceptors (Lipinski definition) is 3. The molecule has 1 rings (SSSR count). The normalized spacial score (nSPS) is 10.7. The number of halogens is 1. The van der Waals surface area contributed by atoms with Gasteiger partial charge in [-0.3, -0.25) is 9.59 Å². The second-order valence-corrected chi connectivity index (χ2v) is 6.06. The van der Waals surface area contributed by atoms with E-state index in [-0.39, 0.29) is 12.5 Å². The first-order valence-electron chi connectivity index (χ1n) is 6.77. The van der Waals surface area contributed by atoms with E-state index in [1.165, 1.54) is 4.90 Å². The van der Waals surface area contributed by atoms with Gasteiger partial charge in [-0.2, -0.15) is 0 Å². The molecule has 0 aliphatic rings. The number of benzene rings is 1. The van der Waals surface area contributed by atoms with Crippen molar-refractivity contribution in [3.05, 3.63) is 34.3 Å². The summed E-state index contributed by atoms with van der Waals surface area (Å²) in [7, 11) is 3.79. The zero-order chi connectivity index (χ0) is 15.8. The highest BCUT2D eigenvalue weighted by atomic mass is 79.9.